The van der Waals surface area contributed by atoms with Crippen LogP contribution in [0.1, 0.15) is 13.8 Å². The first-order valence-electron chi connectivity index (χ1n) is 4.93. The summed E-state index contributed by atoms with van der Waals surface area (Å²) in [6.07, 6.45) is -0.672. The van der Waals surface area contributed by atoms with Crippen LogP contribution in [0.4, 0.5) is 4.79 Å². The average Bonchev–Trinajstić information content (AvgIpc) is 2.24. The molecule has 7 nitrogen and oxygen atoms in total. The molecule has 2 N–H and O–H groups in total. The number of rotatable bonds is 6. The van der Waals surface area contributed by atoms with Gasteiger partial charge >= 0.3 is 12.1 Å². The molecule has 0 rings (SSSR count). The molecule has 0 aliphatic rings. The highest BCUT2D eigenvalue weighted by Crippen LogP contribution is 1.77. The van der Waals surface area contributed by atoms with Crippen molar-refractivity contribution in [2.75, 3.05) is 26.3 Å². The molecular formula is C9H16N2O5. The van der Waals surface area contributed by atoms with Gasteiger partial charge in [-0.2, -0.15) is 0 Å². The van der Waals surface area contributed by atoms with Gasteiger partial charge < -0.3 is 20.1 Å². The van der Waals surface area contributed by atoms with Gasteiger partial charge in [-0.15, -0.1) is 0 Å². The first-order chi connectivity index (χ1) is 7.60. The van der Waals surface area contributed by atoms with E-state index in [1.807, 2.05) is 0 Å². The fourth-order valence-electron chi connectivity index (χ4n) is 0.780. The van der Waals surface area contributed by atoms with E-state index in [1.165, 1.54) is 0 Å². The Balaban J connectivity index is 3.59. The minimum absolute atomic E-state index is 0.211. The fourth-order valence-corrected chi connectivity index (χ4v) is 0.780. The lowest BCUT2D eigenvalue weighted by Crippen LogP contribution is -2.39. The number of carbonyl (C=O) groups excluding carboxylic acids is 3. The molecule has 0 heterocycles. The Hall–Kier alpha value is -1.79. The number of ether oxygens (including phenoxy) is 2. The number of amides is 2. The molecule has 0 aliphatic heterocycles. The third kappa shape index (κ3) is 7.60. The number of hydrogen-bond donors (Lipinski definition) is 2. The van der Waals surface area contributed by atoms with Crippen LogP contribution in [0, 0.1) is 0 Å². The van der Waals surface area contributed by atoms with Crippen LogP contribution in [0.15, 0.2) is 0 Å². The lowest BCUT2D eigenvalue weighted by atomic mass is 10.5. The second kappa shape index (κ2) is 8.51. The summed E-state index contributed by atoms with van der Waals surface area (Å²) in [6, 6.07) is 0. The smallest absolute Gasteiger partial charge is 0.407 e. The molecule has 7 heteroatoms. The largest absolute Gasteiger partial charge is 0.465 e. The summed E-state index contributed by atoms with van der Waals surface area (Å²) in [5, 5.41) is 4.49. The standard InChI is InChI=1S/C9H16N2O5/c1-3-15-8(13)6-10-7(12)5-11-9(14)16-4-2/h3-6H2,1-2H3,(H,10,12)(H,11,14). The molecule has 0 unspecified atom stereocenters. The van der Waals surface area contributed by atoms with Crippen molar-refractivity contribution in [3.8, 4) is 0 Å². The Kier molecular flexibility index (Phi) is 7.56. The highest BCUT2D eigenvalue weighted by Gasteiger charge is 2.07. The highest BCUT2D eigenvalue weighted by atomic mass is 16.5. The molecule has 0 atom stereocenters. The molecule has 0 saturated heterocycles. The van der Waals surface area contributed by atoms with Gasteiger partial charge in [0, 0.05) is 0 Å². The maximum absolute atomic E-state index is 11.1. The second-order valence-electron chi connectivity index (χ2n) is 2.66. The monoisotopic (exact) mass is 232 g/mol. The first-order valence-corrected chi connectivity index (χ1v) is 4.93. The van der Waals surface area contributed by atoms with Gasteiger partial charge in [0.2, 0.25) is 5.91 Å². The van der Waals surface area contributed by atoms with Gasteiger partial charge in [-0.25, -0.2) is 4.79 Å². The maximum Gasteiger partial charge on any atom is 0.407 e. The van der Waals surface area contributed by atoms with Crippen LogP contribution in [-0.2, 0) is 19.1 Å². The van der Waals surface area contributed by atoms with E-state index in [1.54, 1.807) is 13.8 Å². The lowest BCUT2D eigenvalue weighted by Gasteiger charge is -2.06. The van der Waals surface area contributed by atoms with E-state index in [2.05, 4.69) is 20.1 Å². The number of hydrogen-bond acceptors (Lipinski definition) is 5. The summed E-state index contributed by atoms with van der Waals surface area (Å²) in [4.78, 5) is 32.7. The minimum Gasteiger partial charge on any atom is -0.465 e. The van der Waals surface area contributed by atoms with E-state index in [0.717, 1.165) is 0 Å². The quantitative estimate of drug-likeness (QED) is 0.597. The van der Waals surface area contributed by atoms with E-state index in [4.69, 9.17) is 0 Å². The maximum atomic E-state index is 11.1. The van der Waals surface area contributed by atoms with E-state index in [-0.39, 0.29) is 26.3 Å². The molecule has 16 heavy (non-hydrogen) atoms. The molecule has 92 valence electrons. The number of alkyl carbamates (subject to hydrolysis) is 1. The molecule has 0 fully saturated rings. The van der Waals surface area contributed by atoms with Gasteiger partial charge in [0.05, 0.1) is 13.2 Å². The van der Waals surface area contributed by atoms with Crippen molar-refractivity contribution in [1.82, 2.24) is 10.6 Å². The number of esters is 1. The Morgan fingerprint density at radius 2 is 1.56 bits per heavy atom. The summed E-state index contributed by atoms with van der Waals surface area (Å²) >= 11 is 0. The zero-order chi connectivity index (χ0) is 12.4. The third-order valence-corrected chi connectivity index (χ3v) is 1.40. The summed E-state index contributed by atoms with van der Waals surface area (Å²) in [7, 11) is 0. The zero-order valence-electron chi connectivity index (χ0n) is 9.37. The Morgan fingerprint density at radius 1 is 0.938 bits per heavy atom. The molecule has 0 spiro atoms. The van der Waals surface area contributed by atoms with Gasteiger partial charge in [-0.1, -0.05) is 0 Å². The predicted molar refractivity (Wildman–Crippen MR) is 54.7 cm³/mol. The second-order valence-corrected chi connectivity index (χ2v) is 2.66. The van der Waals surface area contributed by atoms with E-state index < -0.39 is 18.0 Å². The molecule has 0 aromatic rings. The van der Waals surface area contributed by atoms with Crippen LogP contribution in [0.3, 0.4) is 0 Å². The molecule has 2 amide bonds. The van der Waals surface area contributed by atoms with Crippen LogP contribution >= 0.6 is 0 Å². The van der Waals surface area contributed by atoms with Crippen molar-refractivity contribution in [2.24, 2.45) is 0 Å². The summed E-state index contributed by atoms with van der Waals surface area (Å²) in [5.41, 5.74) is 0. The van der Waals surface area contributed by atoms with Crippen molar-refractivity contribution in [2.45, 2.75) is 13.8 Å². The summed E-state index contributed by atoms with van der Waals surface area (Å²) < 4.78 is 9.13. The Bertz CT molecular complexity index is 230. The Labute approximate surface area is 93.5 Å². The highest BCUT2D eigenvalue weighted by molar-refractivity contribution is 5.85. The van der Waals surface area contributed by atoms with Crippen LogP contribution in [0.2, 0.25) is 0 Å². The van der Waals surface area contributed by atoms with Crippen LogP contribution in [-0.4, -0.2) is 44.3 Å². The Morgan fingerprint density at radius 3 is 2.12 bits per heavy atom. The predicted octanol–water partition coefficient (Wildman–Crippen LogP) is -0.588. The molecule has 0 aromatic carbocycles. The van der Waals surface area contributed by atoms with Crippen molar-refractivity contribution in [3.05, 3.63) is 0 Å². The van der Waals surface area contributed by atoms with Crippen LogP contribution < -0.4 is 10.6 Å². The number of nitrogens with one attached hydrogen (secondary N) is 2. The lowest BCUT2D eigenvalue weighted by molar-refractivity contribution is -0.143. The topological polar surface area (TPSA) is 93.7 Å². The van der Waals surface area contributed by atoms with Gasteiger partial charge in [0.25, 0.3) is 0 Å². The van der Waals surface area contributed by atoms with Crippen LogP contribution in [0.5, 0.6) is 0 Å². The fraction of sp³-hybridized carbons (Fsp3) is 0.667. The molecule has 0 aliphatic carbocycles. The molecule has 0 bridgehead atoms. The summed E-state index contributed by atoms with van der Waals surface area (Å²) in [5.74, 6) is -1.01. The SMILES string of the molecule is CCOC(=O)CNC(=O)CNC(=O)OCC. The van der Waals surface area contributed by atoms with Gasteiger partial charge in [-0.3, -0.25) is 9.59 Å². The first kappa shape index (κ1) is 14.2. The minimum atomic E-state index is -0.672. The molecular weight excluding hydrogens is 216 g/mol. The van der Waals surface area contributed by atoms with E-state index in [9.17, 15) is 14.4 Å². The zero-order valence-corrected chi connectivity index (χ0v) is 9.37. The van der Waals surface area contributed by atoms with E-state index in [0.29, 0.717) is 0 Å². The molecule has 0 radical (unpaired) electrons. The van der Waals surface area contributed by atoms with Gasteiger partial charge in [-0.05, 0) is 13.8 Å². The average molecular weight is 232 g/mol. The van der Waals surface area contributed by atoms with Crippen molar-refractivity contribution in [3.63, 3.8) is 0 Å². The normalized spacial score (nSPS) is 9.12. The number of carbonyl (C=O) groups is 3. The van der Waals surface area contributed by atoms with Crippen molar-refractivity contribution >= 4 is 18.0 Å². The van der Waals surface area contributed by atoms with E-state index >= 15 is 0 Å². The van der Waals surface area contributed by atoms with Crippen molar-refractivity contribution < 1.29 is 23.9 Å². The van der Waals surface area contributed by atoms with Gasteiger partial charge in [0.1, 0.15) is 13.1 Å². The van der Waals surface area contributed by atoms with Crippen molar-refractivity contribution in [1.29, 1.82) is 0 Å². The molecule has 0 aromatic heterocycles. The third-order valence-electron chi connectivity index (χ3n) is 1.40. The molecule has 0 saturated carbocycles. The summed E-state index contributed by atoms with van der Waals surface area (Å²) in [6.45, 7) is 3.36. The van der Waals surface area contributed by atoms with Crippen LogP contribution in [0.25, 0.3) is 0 Å². The van der Waals surface area contributed by atoms with Gasteiger partial charge in [0.15, 0.2) is 0 Å².